The van der Waals surface area contributed by atoms with E-state index in [4.69, 9.17) is 9.47 Å². The zero-order chi connectivity index (χ0) is 13.5. The van der Waals surface area contributed by atoms with Crippen LogP contribution in [0.25, 0.3) is 0 Å². The van der Waals surface area contributed by atoms with E-state index in [1.807, 2.05) is 12.3 Å². The summed E-state index contributed by atoms with van der Waals surface area (Å²) >= 11 is 0. The molecule has 0 bridgehead atoms. The number of hydrogen-bond donors (Lipinski definition) is 2. The fourth-order valence-corrected chi connectivity index (χ4v) is 1.80. The molecule has 1 aromatic heterocycles. The van der Waals surface area contributed by atoms with Crippen LogP contribution < -0.4 is 10.6 Å². The molecule has 1 aromatic rings. The van der Waals surface area contributed by atoms with Crippen molar-refractivity contribution in [3.63, 3.8) is 0 Å². The third-order valence-corrected chi connectivity index (χ3v) is 3.19. The van der Waals surface area contributed by atoms with Crippen molar-refractivity contribution in [2.75, 3.05) is 32.7 Å². The second-order valence-corrected chi connectivity index (χ2v) is 4.90. The van der Waals surface area contributed by atoms with Gasteiger partial charge in [-0.05, 0) is 24.5 Å². The van der Waals surface area contributed by atoms with Crippen LogP contribution in [0, 0.1) is 0 Å². The minimum Gasteiger partial charge on any atom is -0.382 e. The molecular formula is C14H23N3O2. The number of ether oxygens (including phenoxy) is 2. The minimum atomic E-state index is 0.0445. The lowest BCUT2D eigenvalue weighted by Gasteiger charge is -2.15. The Morgan fingerprint density at radius 3 is 2.79 bits per heavy atom. The molecule has 5 nitrogen and oxygen atoms in total. The molecule has 1 atom stereocenters. The van der Waals surface area contributed by atoms with Gasteiger partial charge in [0.25, 0.3) is 0 Å². The first-order valence-corrected chi connectivity index (χ1v) is 6.75. The Balaban J connectivity index is 1.73. The highest BCUT2D eigenvalue weighted by Crippen LogP contribution is 2.19. The lowest BCUT2D eigenvalue weighted by atomic mass is 10.2. The lowest BCUT2D eigenvalue weighted by molar-refractivity contribution is 0.0365. The average molecular weight is 265 g/mol. The molecule has 1 heterocycles. The zero-order valence-corrected chi connectivity index (χ0v) is 11.7. The Kier molecular flexibility index (Phi) is 5.57. The highest BCUT2D eigenvalue weighted by Gasteiger charge is 2.19. The van der Waals surface area contributed by atoms with Gasteiger partial charge in [-0.15, -0.1) is 0 Å². The van der Waals surface area contributed by atoms with Crippen LogP contribution in [-0.2, 0) is 16.0 Å². The number of methoxy groups -OCH3 is 2. The van der Waals surface area contributed by atoms with Crippen LogP contribution in [0.5, 0.6) is 0 Å². The smallest absolute Gasteiger partial charge is 0.125 e. The van der Waals surface area contributed by atoms with Crippen molar-refractivity contribution in [1.82, 2.24) is 10.3 Å². The molecule has 5 heteroatoms. The van der Waals surface area contributed by atoms with Crippen molar-refractivity contribution in [2.24, 2.45) is 0 Å². The summed E-state index contributed by atoms with van der Waals surface area (Å²) in [6.07, 6.45) is 4.58. The number of aromatic nitrogens is 1. The van der Waals surface area contributed by atoms with E-state index in [-0.39, 0.29) is 6.10 Å². The fraction of sp³-hybridized carbons (Fsp3) is 0.643. The molecule has 0 spiro atoms. The van der Waals surface area contributed by atoms with E-state index in [1.54, 1.807) is 14.2 Å². The molecule has 1 aliphatic rings. The minimum absolute atomic E-state index is 0.0445. The summed E-state index contributed by atoms with van der Waals surface area (Å²) in [4.78, 5) is 4.40. The maximum Gasteiger partial charge on any atom is 0.125 e. The van der Waals surface area contributed by atoms with Gasteiger partial charge >= 0.3 is 0 Å². The highest BCUT2D eigenvalue weighted by atomic mass is 16.5. The van der Waals surface area contributed by atoms with E-state index in [2.05, 4.69) is 21.7 Å². The van der Waals surface area contributed by atoms with E-state index in [9.17, 15) is 0 Å². The van der Waals surface area contributed by atoms with Gasteiger partial charge in [0.1, 0.15) is 5.82 Å². The van der Waals surface area contributed by atoms with Gasteiger partial charge in [-0.2, -0.15) is 0 Å². The van der Waals surface area contributed by atoms with Gasteiger partial charge in [-0.25, -0.2) is 4.98 Å². The van der Waals surface area contributed by atoms with Crippen molar-refractivity contribution < 1.29 is 9.47 Å². The summed E-state index contributed by atoms with van der Waals surface area (Å²) < 4.78 is 10.4. The van der Waals surface area contributed by atoms with Gasteiger partial charge < -0.3 is 20.1 Å². The maximum atomic E-state index is 5.28. The van der Waals surface area contributed by atoms with E-state index < -0.39 is 0 Å². The summed E-state index contributed by atoms with van der Waals surface area (Å²) in [6, 6.07) is 4.83. The van der Waals surface area contributed by atoms with E-state index in [1.165, 1.54) is 18.4 Å². The van der Waals surface area contributed by atoms with Crippen molar-refractivity contribution in [2.45, 2.75) is 31.5 Å². The molecule has 0 amide bonds. The monoisotopic (exact) mass is 265 g/mol. The second kappa shape index (κ2) is 7.43. The number of anilines is 1. The van der Waals surface area contributed by atoms with Crippen LogP contribution in [0.1, 0.15) is 18.4 Å². The molecule has 0 saturated heterocycles. The van der Waals surface area contributed by atoms with Gasteiger partial charge in [0.15, 0.2) is 0 Å². The third kappa shape index (κ3) is 5.14. The average Bonchev–Trinajstić information content (AvgIpc) is 3.26. The zero-order valence-electron chi connectivity index (χ0n) is 11.7. The number of nitrogens with one attached hydrogen (secondary N) is 2. The van der Waals surface area contributed by atoms with Gasteiger partial charge in [0.05, 0.1) is 12.7 Å². The first-order valence-electron chi connectivity index (χ1n) is 6.75. The highest BCUT2D eigenvalue weighted by molar-refractivity contribution is 5.35. The molecule has 0 radical (unpaired) electrons. The van der Waals surface area contributed by atoms with Crippen LogP contribution in [0.15, 0.2) is 18.3 Å². The second-order valence-electron chi connectivity index (χ2n) is 4.90. The predicted molar refractivity (Wildman–Crippen MR) is 75.3 cm³/mol. The summed E-state index contributed by atoms with van der Waals surface area (Å²) in [5.74, 6) is 0.869. The molecule has 1 saturated carbocycles. The van der Waals surface area contributed by atoms with Crippen LogP contribution in [0.4, 0.5) is 5.82 Å². The third-order valence-electron chi connectivity index (χ3n) is 3.19. The quantitative estimate of drug-likeness (QED) is 0.707. The molecule has 2 N–H and O–H groups in total. The van der Waals surface area contributed by atoms with Crippen LogP contribution in [-0.4, -0.2) is 44.5 Å². The molecule has 1 unspecified atom stereocenters. The molecular weight excluding hydrogens is 242 g/mol. The van der Waals surface area contributed by atoms with Crippen LogP contribution >= 0.6 is 0 Å². The first-order chi connectivity index (χ1) is 9.31. The van der Waals surface area contributed by atoms with E-state index in [0.29, 0.717) is 13.2 Å². The normalized spacial score (nSPS) is 16.3. The molecule has 1 fully saturated rings. The summed E-state index contributed by atoms with van der Waals surface area (Å²) in [7, 11) is 3.36. The number of nitrogens with zero attached hydrogens (tertiary/aromatic N) is 1. The topological polar surface area (TPSA) is 55.4 Å². The predicted octanol–water partition coefficient (Wildman–Crippen LogP) is 1.41. The first kappa shape index (κ1) is 14.2. The Bertz CT molecular complexity index is 365. The van der Waals surface area contributed by atoms with Crippen molar-refractivity contribution in [3.05, 3.63) is 23.9 Å². The molecule has 1 aliphatic carbocycles. The van der Waals surface area contributed by atoms with Gasteiger partial charge in [-0.3, -0.25) is 0 Å². The number of hydrogen-bond acceptors (Lipinski definition) is 5. The Hall–Kier alpha value is -1.17. The van der Waals surface area contributed by atoms with E-state index >= 15 is 0 Å². The molecule has 0 aliphatic heterocycles. The number of rotatable bonds is 9. The standard InChI is InChI=1S/C14H23N3O2/c1-18-10-13(19-2)9-17-14-6-3-11(8-16-14)7-15-12-4-5-12/h3,6,8,12-13,15H,4-5,7,9-10H2,1-2H3,(H,16,17). The fourth-order valence-electron chi connectivity index (χ4n) is 1.80. The van der Waals surface area contributed by atoms with Crippen LogP contribution in [0.3, 0.4) is 0 Å². The van der Waals surface area contributed by atoms with E-state index in [0.717, 1.165) is 18.4 Å². The van der Waals surface area contributed by atoms with Crippen molar-refractivity contribution in [3.8, 4) is 0 Å². The summed E-state index contributed by atoms with van der Waals surface area (Å²) in [5, 5.41) is 6.72. The maximum absolute atomic E-state index is 5.28. The molecule has 106 valence electrons. The molecule has 19 heavy (non-hydrogen) atoms. The Morgan fingerprint density at radius 1 is 1.37 bits per heavy atom. The summed E-state index contributed by atoms with van der Waals surface area (Å²) in [6.45, 7) is 2.17. The summed E-state index contributed by atoms with van der Waals surface area (Å²) in [5.41, 5.74) is 1.22. The molecule has 0 aromatic carbocycles. The Morgan fingerprint density at radius 2 is 2.21 bits per heavy atom. The van der Waals surface area contributed by atoms with Gasteiger partial charge in [-0.1, -0.05) is 6.07 Å². The van der Waals surface area contributed by atoms with Crippen molar-refractivity contribution >= 4 is 5.82 Å². The Labute approximate surface area is 114 Å². The van der Waals surface area contributed by atoms with Gasteiger partial charge in [0, 0.05) is 39.5 Å². The number of pyridine rings is 1. The van der Waals surface area contributed by atoms with Crippen LogP contribution in [0.2, 0.25) is 0 Å². The molecule has 2 rings (SSSR count). The van der Waals surface area contributed by atoms with Gasteiger partial charge in [0.2, 0.25) is 0 Å². The largest absolute Gasteiger partial charge is 0.382 e. The SMILES string of the molecule is COCC(CNc1ccc(CNC2CC2)cn1)OC. The lowest BCUT2D eigenvalue weighted by Crippen LogP contribution is -2.26. The van der Waals surface area contributed by atoms with Crippen molar-refractivity contribution in [1.29, 1.82) is 0 Å².